The Kier molecular flexibility index (Phi) is 4.66. The number of benzene rings is 1. The van der Waals surface area contributed by atoms with Crippen LogP contribution in [-0.4, -0.2) is 15.8 Å². The highest BCUT2D eigenvalue weighted by molar-refractivity contribution is 9.10. The first-order valence-corrected chi connectivity index (χ1v) is 8.50. The molecule has 2 aromatic heterocycles. The third kappa shape index (κ3) is 3.43. The fourth-order valence-corrected chi connectivity index (χ4v) is 3.56. The lowest BCUT2D eigenvalue weighted by Crippen LogP contribution is -2.01. The maximum atomic E-state index is 12.4. The van der Waals surface area contributed by atoms with E-state index >= 15 is 0 Å². The molecule has 0 fully saturated rings. The Balaban J connectivity index is 1.82. The van der Waals surface area contributed by atoms with Crippen LogP contribution in [0.4, 0.5) is 0 Å². The molecule has 0 N–H and O–H groups in total. The van der Waals surface area contributed by atoms with Gasteiger partial charge in [0, 0.05) is 10.7 Å². The topological polar surface area (TPSA) is 42.9 Å². The summed E-state index contributed by atoms with van der Waals surface area (Å²) < 4.78 is 1.05. The largest absolute Gasteiger partial charge is 0.288 e. The van der Waals surface area contributed by atoms with Gasteiger partial charge in [0.15, 0.2) is 0 Å². The van der Waals surface area contributed by atoms with Gasteiger partial charge < -0.3 is 0 Å². The number of hydrogen-bond donors (Lipinski definition) is 0. The smallest absolute Gasteiger partial charge is 0.207 e. The number of rotatable bonds is 4. The lowest BCUT2D eigenvalue weighted by Gasteiger charge is -2.00. The minimum absolute atomic E-state index is 0.143. The number of carbonyl (C=O) groups excluding carboxylic acids is 1. The van der Waals surface area contributed by atoms with E-state index in [1.54, 1.807) is 0 Å². The molecule has 3 rings (SSSR count). The second-order valence-corrected chi connectivity index (χ2v) is 6.87. The summed E-state index contributed by atoms with van der Waals surface area (Å²) >= 11 is 10.8. The van der Waals surface area contributed by atoms with Crippen molar-refractivity contribution in [2.24, 2.45) is 0 Å². The number of nitrogens with zero attached hydrogens (tertiary/aromatic N) is 2. The van der Waals surface area contributed by atoms with E-state index in [0.717, 1.165) is 16.5 Å². The fraction of sp³-hybridized carbons (Fsp3) is 0.0625. The maximum Gasteiger partial charge on any atom is 0.207 e. The van der Waals surface area contributed by atoms with Gasteiger partial charge in [-0.25, -0.2) is 9.97 Å². The zero-order valence-corrected chi connectivity index (χ0v) is 14.5. The van der Waals surface area contributed by atoms with Gasteiger partial charge in [0.1, 0.15) is 11.5 Å². The van der Waals surface area contributed by atoms with Crippen LogP contribution in [0.2, 0.25) is 5.15 Å². The van der Waals surface area contributed by atoms with Crippen molar-refractivity contribution in [3.05, 3.63) is 79.4 Å². The number of thiophene rings is 1. The monoisotopic (exact) mass is 392 g/mol. The van der Waals surface area contributed by atoms with Crippen molar-refractivity contribution < 1.29 is 4.79 Å². The van der Waals surface area contributed by atoms with E-state index in [9.17, 15) is 4.79 Å². The molecule has 22 heavy (non-hydrogen) atoms. The molecule has 0 aliphatic carbocycles. The second-order valence-electron chi connectivity index (χ2n) is 4.68. The highest BCUT2D eigenvalue weighted by atomic mass is 79.9. The number of halogens is 2. The Morgan fingerprint density at radius 2 is 2.14 bits per heavy atom. The summed E-state index contributed by atoms with van der Waals surface area (Å²) in [6.07, 6.45) is 3.56. The van der Waals surface area contributed by atoms with Crippen molar-refractivity contribution in [2.45, 2.75) is 6.42 Å². The molecule has 0 aliphatic rings. The molecule has 0 spiro atoms. The molecule has 110 valence electrons. The second kappa shape index (κ2) is 6.69. The van der Waals surface area contributed by atoms with Crippen LogP contribution in [0.1, 0.15) is 26.4 Å². The zero-order valence-electron chi connectivity index (χ0n) is 11.3. The summed E-state index contributed by atoms with van der Waals surface area (Å²) in [6.45, 7) is 0. The van der Waals surface area contributed by atoms with Gasteiger partial charge in [-0.3, -0.25) is 4.79 Å². The van der Waals surface area contributed by atoms with Crippen LogP contribution < -0.4 is 0 Å². The molecule has 3 aromatic rings. The van der Waals surface area contributed by atoms with Gasteiger partial charge in [0.2, 0.25) is 5.78 Å². The summed E-state index contributed by atoms with van der Waals surface area (Å²) in [5.41, 5.74) is 2.62. The first-order valence-electron chi connectivity index (χ1n) is 6.45. The van der Waals surface area contributed by atoms with Gasteiger partial charge in [-0.05, 0) is 41.1 Å². The summed E-state index contributed by atoms with van der Waals surface area (Å²) in [5, 5.41) is 2.17. The molecule has 0 unspecified atom stereocenters. The lowest BCUT2D eigenvalue weighted by atomic mass is 10.1. The zero-order chi connectivity index (χ0) is 15.5. The molecule has 1 aromatic carbocycles. The van der Waals surface area contributed by atoms with Crippen LogP contribution in [-0.2, 0) is 6.42 Å². The average Bonchev–Trinajstić information content (AvgIpc) is 2.95. The van der Waals surface area contributed by atoms with Crippen LogP contribution in [0.5, 0.6) is 0 Å². The predicted molar refractivity (Wildman–Crippen MR) is 91.7 cm³/mol. The van der Waals surface area contributed by atoms with E-state index in [-0.39, 0.29) is 10.9 Å². The van der Waals surface area contributed by atoms with Crippen molar-refractivity contribution in [1.29, 1.82) is 0 Å². The van der Waals surface area contributed by atoms with Crippen molar-refractivity contribution in [1.82, 2.24) is 9.97 Å². The Morgan fingerprint density at radius 1 is 1.27 bits per heavy atom. The van der Waals surface area contributed by atoms with Crippen molar-refractivity contribution in [2.75, 3.05) is 0 Å². The van der Waals surface area contributed by atoms with Gasteiger partial charge in [-0.15, -0.1) is 11.3 Å². The van der Waals surface area contributed by atoms with Gasteiger partial charge in [-0.2, -0.15) is 0 Å². The van der Waals surface area contributed by atoms with Gasteiger partial charge in [-0.1, -0.05) is 39.7 Å². The van der Waals surface area contributed by atoms with E-state index in [1.165, 1.54) is 29.4 Å². The molecule has 0 bridgehead atoms. The van der Waals surface area contributed by atoms with E-state index < -0.39 is 0 Å². The van der Waals surface area contributed by atoms with Crippen LogP contribution in [0.15, 0.2) is 52.7 Å². The number of ketones is 1. The molecular weight excluding hydrogens is 384 g/mol. The van der Waals surface area contributed by atoms with E-state index in [4.69, 9.17) is 11.6 Å². The quantitative estimate of drug-likeness (QED) is 0.473. The predicted octanol–water partition coefficient (Wildman–Crippen LogP) is 4.78. The SMILES string of the molecule is O=C(c1cc(Cc2cccc(Br)c2)cs1)c1cncnc1Cl. The molecule has 0 atom stereocenters. The molecule has 0 radical (unpaired) electrons. The summed E-state index contributed by atoms with van der Waals surface area (Å²) in [4.78, 5) is 20.8. The summed E-state index contributed by atoms with van der Waals surface area (Å²) in [5.74, 6) is -0.143. The lowest BCUT2D eigenvalue weighted by molar-refractivity contribution is 0.104. The number of aromatic nitrogens is 2. The molecule has 6 heteroatoms. The third-order valence-electron chi connectivity index (χ3n) is 3.08. The molecule has 2 heterocycles. The Hall–Kier alpha value is -1.56. The minimum atomic E-state index is -0.143. The number of carbonyl (C=O) groups is 1. The average molecular weight is 394 g/mol. The first kappa shape index (κ1) is 15.3. The minimum Gasteiger partial charge on any atom is -0.288 e. The van der Waals surface area contributed by atoms with E-state index in [0.29, 0.717) is 10.4 Å². The molecular formula is C16H10BrClN2OS. The van der Waals surface area contributed by atoms with Crippen molar-refractivity contribution in [3.8, 4) is 0 Å². The maximum absolute atomic E-state index is 12.4. The van der Waals surface area contributed by atoms with Crippen LogP contribution in [0, 0.1) is 0 Å². The standard InChI is InChI=1S/C16H10BrClN2OS/c17-12-3-1-2-10(5-12)4-11-6-14(22-8-11)15(21)13-7-19-9-20-16(13)18/h1-3,5-9H,4H2. The van der Waals surface area contributed by atoms with E-state index in [1.807, 2.05) is 23.6 Å². The molecule has 0 amide bonds. The van der Waals surface area contributed by atoms with Crippen LogP contribution >= 0.6 is 38.9 Å². The van der Waals surface area contributed by atoms with Crippen molar-refractivity contribution >= 4 is 44.7 Å². The van der Waals surface area contributed by atoms with Gasteiger partial charge in [0.25, 0.3) is 0 Å². The normalized spacial score (nSPS) is 10.6. The number of hydrogen-bond acceptors (Lipinski definition) is 4. The Labute approximate surface area is 145 Å². The molecule has 0 saturated carbocycles. The molecule has 0 saturated heterocycles. The molecule has 0 aliphatic heterocycles. The summed E-state index contributed by atoms with van der Waals surface area (Å²) in [6, 6.07) is 10.0. The van der Waals surface area contributed by atoms with Gasteiger partial charge in [0.05, 0.1) is 10.4 Å². The van der Waals surface area contributed by atoms with Crippen LogP contribution in [0.3, 0.4) is 0 Å². The Bertz CT molecular complexity index is 834. The highest BCUT2D eigenvalue weighted by Crippen LogP contribution is 2.24. The molecule has 3 nitrogen and oxygen atoms in total. The van der Waals surface area contributed by atoms with Gasteiger partial charge >= 0.3 is 0 Å². The highest BCUT2D eigenvalue weighted by Gasteiger charge is 2.16. The van der Waals surface area contributed by atoms with Crippen molar-refractivity contribution in [3.63, 3.8) is 0 Å². The summed E-state index contributed by atoms with van der Waals surface area (Å²) in [7, 11) is 0. The van der Waals surface area contributed by atoms with Crippen LogP contribution in [0.25, 0.3) is 0 Å². The third-order valence-corrected chi connectivity index (χ3v) is 4.86. The fourth-order valence-electron chi connectivity index (χ4n) is 2.07. The Morgan fingerprint density at radius 3 is 2.91 bits per heavy atom. The van der Waals surface area contributed by atoms with E-state index in [2.05, 4.69) is 38.0 Å². The first-order chi connectivity index (χ1) is 10.6.